The minimum absolute atomic E-state index is 0.0743. The third-order valence-electron chi connectivity index (χ3n) is 7.11. The summed E-state index contributed by atoms with van der Waals surface area (Å²) in [6.07, 6.45) is 0. The van der Waals surface area contributed by atoms with Gasteiger partial charge in [-0.3, -0.25) is 9.52 Å². The number of carbonyl (C=O) groups is 1. The van der Waals surface area contributed by atoms with Crippen LogP contribution in [0.1, 0.15) is 12.5 Å². The van der Waals surface area contributed by atoms with Gasteiger partial charge in [-0.2, -0.15) is 5.10 Å². The van der Waals surface area contributed by atoms with Crippen LogP contribution in [0, 0.1) is 0 Å². The van der Waals surface area contributed by atoms with E-state index in [9.17, 15) is 13.2 Å². The van der Waals surface area contributed by atoms with Crippen molar-refractivity contribution < 1.29 is 17.9 Å². The van der Waals surface area contributed by atoms with Crippen LogP contribution in [0.25, 0.3) is 28.2 Å². The minimum Gasteiger partial charge on any atom is -0.489 e. The standard InChI is InChI=1S/C36H29ClN4O4S/c1-25(42)38-29-17-21-32(22-18-29)46(43,44)40-30-15-11-27(12-16-30)34-23-36(41(39-34)35-10-6-5-9-33(35)37)28-13-19-31(20-14-28)45-24-26-7-3-2-4-8-26/h2-23,40H,24H2,1H3,(H,38,42). The molecule has 8 nitrogen and oxygen atoms in total. The number of aromatic nitrogens is 2. The summed E-state index contributed by atoms with van der Waals surface area (Å²) >= 11 is 6.60. The second kappa shape index (κ2) is 13.3. The smallest absolute Gasteiger partial charge is 0.261 e. The van der Waals surface area contributed by atoms with E-state index in [-0.39, 0.29) is 10.8 Å². The number of sulfonamides is 1. The highest BCUT2D eigenvalue weighted by Gasteiger charge is 2.17. The third-order valence-corrected chi connectivity index (χ3v) is 8.82. The van der Waals surface area contributed by atoms with Gasteiger partial charge in [0, 0.05) is 29.4 Å². The normalized spacial score (nSPS) is 11.2. The molecular weight excluding hydrogens is 620 g/mol. The highest BCUT2D eigenvalue weighted by molar-refractivity contribution is 7.92. The van der Waals surface area contributed by atoms with Crippen molar-refractivity contribution in [3.8, 4) is 34.0 Å². The second-order valence-corrected chi connectivity index (χ2v) is 12.6. The summed E-state index contributed by atoms with van der Waals surface area (Å²) in [7, 11) is -3.85. The van der Waals surface area contributed by atoms with Crippen LogP contribution < -0.4 is 14.8 Å². The monoisotopic (exact) mass is 648 g/mol. The zero-order valence-corrected chi connectivity index (χ0v) is 26.3. The lowest BCUT2D eigenvalue weighted by molar-refractivity contribution is -0.114. The maximum atomic E-state index is 13.0. The molecule has 2 N–H and O–H groups in total. The Morgan fingerprint density at radius 2 is 1.41 bits per heavy atom. The van der Waals surface area contributed by atoms with E-state index < -0.39 is 10.0 Å². The number of hydrogen-bond donors (Lipinski definition) is 2. The molecule has 0 radical (unpaired) electrons. The summed E-state index contributed by atoms with van der Waals surface area (Å²) in [5.74, 6) is 0.512. The molecule has 0 aliphatic carbocycles. The fourth-order valence-electron chi connectivity index (χ4n) is 4.84. The summed E-state index contributed by atoms with van der Waals surface area (Å²) in [6, 6.07) is 40.2. The van der Waals surface area contributed by atoms with Crippen LogP contribution in [-0.4, -0.2) is 24.1 Å². The maximum Gasteiger partial charge on any atom is 0.261 e. The molecule has 0 aliphatic heterocycles. The van der Waals surface area contributed by atoms with E-state index in [0.29, 0.717) is 28.7 Å². The molecule has 0 unspecified atom stereocenters. The fraction of sp³-hybridized carbons (Fsp3) is 0.0556. The number of para-hydroxylation sites is 1. The Bertz CT molecular complexity index is 2080. The predicted molar refractivity (Wildman–Crippen MR) is 182 cm³/mol. The van der Waals surface area contributed by atoms with Crippen molar-refractivity contribution >= 4 is 38.9 Å². The van der Waals surface area contributed by atoms with Crippen LogP contribution in [0.3, 0.4) is 0 Å². The zero-order chi connectivity index (χ0) is 32.1. The molecule has 10 heteroatoms. The van der Waals surface area contributed by atoms with E-state index in [1.54, 1.807) is 28.9 Å². The molecular formula is C36H29ClN4O4S. The van der Waals surface area contributed by atoms with Gasteiger partial charge in [-0.15, -0.1) is 0 Å². The summed E-state index contributed by atoms with van der Waals surface area (Å²) in [6.45, 7) is 1.86. The van der Waals surface area contributed by atoms with Gasteiger partial charge in [-0.05, 0) is 84.4 Å². The first-order valence-electron chi connectivity index (χ1n) is 14.4. The molecule has 1 heterocycles. The number of rotatable bonds is 10. The molecule has 5 aromatic carbocycles. The van der Waals surface area contributed by atoms with Crippen molar-refractivity contribution in [3.63, 3.8) is 0 Å². The topological polar surface area (TPSA) is 102 Å². The number of carbonyl (C=O) groups excluding carboxylic acids is 1. The van der Waals surface area contributed by atoms with Crippen molar-refractivity contribution in [2.45, 2.75) is 18.4 Å². The van der Waals surface area contributed by atoms with Crippen molar-refractivity contribution in [1.82, 2.24) is 9.78 Å². The summed E-state index contributed by atoms with van der Waals surface area (Å²) in [5, 5.41) is 8.07. The van der Waals surface area contributed by atoms with Crippen molar-refractivity contribution in [1.29, 1.82) is 0 Å². The maximum absolute atomic E-state index is 13.0. The number of nitrogens with one attached hydrogen (secondary N) is 2. The molecule has 0 saturated heterocycles. The Hall–Kier alpha value is -5.38. The Labute approximate surface area is 272 Å². The number of amides is 1. The highest BCUT2D eigenvalue weighted by Crippen LogP contribution is 2.33. The van der Waals surface area contributed by atoms with E-state index in [4.69, 9.17) is 21.4 Å². The van der Waals surface area contributed by atoms with Gasteiger partial charge >= 0.3 is 0 Å². The molecule has 0 bridgehead atoms. The minimum atomic E-state index is -3.85. The molecule has 6 aromatic rings. The third kappa shape index (κ3) is 7.12. The summed E-state index contributed by atoms with van der Waals surface area (Å²) < 4.78 is 36.4. The van der Waals surface area contributed by atoms with Gasteiger partial charge in [0.05, 0.1) is 27.0 Å². The van der Waals surface area contributed by atoms with Crippen LogP contribution in [-0.2, 0) is 21.4 Å². The van der Waals surface area contributed by atoms with Gasteiger partial charge in [0.2, 0.25) is 5.91 Å². The molecule has 0 spiro atoms. The SMILES string of the molecule is CC(=O)Nc1ccc(S(=O)(=O)Nc2ccc(-c3cc(-c4ccc(OCc5ccccc5)cc4)n(-c4ccccc4Cl)n3)cc2)cc1. The molecule has 0 saturated carbocycles. The average molecular weight is 649 g/mol. The van der Waals surface area contributed by atoms with E-state index >= 15 is 0 Å². The van der Waals surface area contributed by atoms with E-state index in [2.05, 4.69) is 10.0 Å². The second-order valence-electron chi connectivity index (χ2n) is 10.5. The fourth-order valence-corrected chi connectivity index (χ4v) is 6.12. The zero-order valence-electron chi connectivity index (χ0n) is 24.7. The van der Waals surface area contributed by atoms with E-state index in [0.717, 1.165) is 33.8 Å². The Kier molecular flexibility index (Phi) is 8.87. The Morgan fingerprint density at radius 1 is 0.783 bits per heavy atom. The van der Waals surface area contributed by atoms with Gasteiger partial charge in [0.15, 0.2) is 0 Å². The van der Waals surface area contributed by atoms with Crippen LogP contribution in [0.4, 0.5) is 11.4 Å². The molecule has 230 valence electrons. The Balaban J connectivity index is 1.25. The molecule has 1 amide bonds. The first-order chi connectivity index (χ1) is 22.2. The van der Waals surface area contributed by atoms with Crippen LogP contribution in [0.15, 0.2) is 138 Å². The number of halogens is 1. The molecule has 6 rings (SSSR count). The molecule has 0 atom stereocenters. The molecule has 0 aliphatic rings. The van der Waals surface area contributed by atoms with E-state index in [1.165, 1.54) is 31.2 Å². The summed E-state index contributed by atoms with van der Waals surface area (Å²) in [4.78, 5) is 11.3. The van der Waals surface area contributed by atoms with Crippen molar-refractivity contribution in [3.05, 3.63) is 144 Å². The van der Waals surface area contributed by atoms with Crippen LogP contribution in [0.5, 0.6) is 5.75 Å². The van der Waals surface area contributed by atoms with Gasteiger partial charge in [0.25, 0.3) is 10.0 Å². The molecule has 46 heavy (non-hydrogen) atoms. The lowest BCUT2D eigenvalue weighted by Gasteiger charge is -2.11. The van der Waals surface area contributed by atoms with E-state index in [1.807, 2.05) is 84.9 Å². The lowest BCUT2D eigenvalue weighted by Crippen LogP contribution is -2.13. The van der Waals surface area contributed by atoms with Crippen molar-refractivity contribution in [2.75, 3.05) is 10.0 Å². The largest absolute Gasteiger partial charge is 0.489 e. The summed E-state index contributed by atoms with van der Waals surface area (Å²) in [5.41, 5.74) is 5.93. The molecule has 0 fully saturated rings. The molecule has 1 aromatic heterocycles. The quantitative estimate of drug-likeness (QED) is 0.156. The van der Waals surface area contributed by atoms with Crippen molar-refractivity contribution in [2.24, 2.45) is 0 Å². The van der Waals surface area contributed by atoms with Gasteiger partial charge in [-0.1, -0.05) is 66.2 Å². The first kappa shape index (κ1) is 30.6. The number of benzene rings is 5. The number of anilines is 2. The van der Waals surface area contributed by atoms with Gasteiger partial charge in [-0.25, -0.2) is 13.1 Å². The lowest BCUT2D eigenvalue weighted by atomic mass is 10.1. The Morgan fingerprint density at radius 3 is 2.09 bits per heavy atom. The highest BCUT2D eigenvalue weighted by atomic mass is 35.5. The van der Waals surface area contributed by atoms with Crippen LogP contribution >= 0.6 is 11.6 Å². The van der Waals surface area contributed by atoms with Gasteiger partial charge in [0.1, 0.15) is 12.4 Å². The number of ether oxygens (including phenoxy) is 1. The average Bonchev–Trinajstić information content (AvgIpc) is 3.50. The van der Waals surface area contributed by atoms with Gasteiger partial charge < -0.3 is 10.1 Å². The van der Waals surface area contributed by atoms with Crippen LogP contribution in [0.2, 0.25) is 5.02 Å². The predicted octanol–water partition coefficient (Wildman–Crippen LogP) is 8.20. The number of hydrogen-bond acceptors (Lipinski definition) is 5. The first-order valence-corrected chi connectivity index (χ1v) is 16.2. The number of nitrogens with zero attached hydrogens (tertiary/aromatic N) is 2.